The minimum atomic E-state index is 0.517. The van der Waals surface area contributed by atoms with Gasteiger partial charge in [0.05, 0.1) is 0 Å². The maximum absolute atomic E-state index is 3.49. The van der Waals surface area contributed by atoms with E-state index in [1.54, 1.807) is 0 Å². The average molecular weight is 281 g/mol. The van der Waals surface area contributed by atoms with E-state index < -0.39 is 0 Å². The van der Waals surface area contributed by atoms with Crippen LogP contribution in [0.15, 0.2) is 42.5 Å². The van der Waals surface area contributed by atoms with Gasteiger partial charge in [-0.2, -0.15) is 0 Å². The molecule has 0 aliphatic rings. The Kier molecular flexibility index (Phi) is 5.58. The molecule has 1 nitrogen and oxygen atoms in total. The lowest BCUT2D eigenvalue weighted by atomic mass is 9.96. The Hall–Kier alpha value is -1.60. The van der Waals surface area contributed by atoms with Gasteiger partial charge in [0.15, 0.2) is 0 Å². The molecule has 0 bridgehead atoms. The van der Waals surface area contributed by atoms with Gasteiger partial charge in [-0.25, -0.2) is 0 Å². The van der Waals surface area contributed by atoms with Crippen molar-refractivity contribution in [2.45, 2.75) is 53.1 Å². The average Bonchev–Trinajstić information content (AvgIpc) is 2.47. The van der Waals surface area contributed by atoms with Crippen LogP contribution in [0.4, 0.5) is 0 Å². The smallest absolute Gasteiger partial charge is 0.0208 e. The molecule has 0 spiro atoms. The van der Waals surface area contributed by atoms with E-state index in [4.69, 9.17) is 0 Å². The summed E-state index contributed by atoms with van der Waals surface area (Å²) in [6.07, 6.45) is 2.37. The minimum Gasteiger partial charge on any atom is -0.310 e. The summed E-state index contributed by atoms with van der Waals surface area (Å²) in [7, 11) is 0. The Balaban J connectivity index is 2.23. The summed E-state index contributed by atoms with van der Waals surface area (Å²) >= 11 is 0. The Labute approximate surface area is 129 Å². The van der Waals surface area contributed by atoms with Crippen LogP contribution in [0, 0.1) is 6.92 Å². The third-order valence-electron chi connectivity index (χ3n) is 3.82. The maximum Gasteiger partial charge on any atom is 0.0208 e. The van der Waals surface area contributed by atoms with Gasteiger partial charge in [-0.05, 0) is 47.2 Å². The van der Waals surface area contributed by atoms with Gasteiger partial charge in [-0.1, -0.05) is 63.6 Å². The van der Waals surface area contributed by atoms with E-state index in [1.165, 1.54) is 34.2 Å². The SMILES string of the molecule is CCCc1ccc(-c2cc(CNC(C)C)ccc2C)cc1. The van der Waals surface area contributed by atoms with E-state index in [-0.39, 0.29) is 0 Å². The molecule has 0 unspecified atom stereocenters. The van der Waals surface area contributed by atoms with Crippen LogP contribution in [-0.2, 0) is 13.0 Å². The molecule has 0 aliphatic carbocycles. The highest BCUT2D eigenvalue weighted by Crippen LogP contribution is 2.25. The normalized spacial score (nSPS) is 11.1. The van der Waals surface area contributed by atoms with Crippen LogP contribution in [0.5, 0.6) is 0 Å². The van der Waals surface area contributed by atoms with E-state index in [0.717, 1.165) is 13.0 Å². The van der Waals surface area contributed by atoms with Crippen molar-refractivity contribution in [2.75, 3.05) is 0 Å². The molecule has 1 N–H and O–H groups in total. The number of nitrogens with one attached hydrogen (secondary N) is 1. The second kappa shape index (κ2) is 7.42. The fourth-order valence-corrected chi connectivity index (χ4v) is 2.55. The van der Waals surface area contributed by atoms with Crippen LogP contribution in [0.2, 0.25) is 0 Å². The topological polar surface area (TPSA) is 12.0 Å². The Bertz CT molecular complexity index is 567. The second-order valence-corrected chi connectivity index (χ2v) is 6.13. The molecule has 0 aliphatic heterocycles. The summed E-state index contributed by atoms with van der Waals surface area (Å²) in [4.78, 5) is 0. The van der Waals surface area contributed by atoms with Crippen molar-refractivity contribution in [2.24, 2.45) is 0 Å². The van der Waals surface area contributed by atoms with Gasteiger partial charge in [0.25, 0.3) is 0 Å². The molecule has 2 rings (SSSR count). The van der Waals surface area contributed by atoms with Gasteiger partial charge >= 0.3 is 0 Å². The largest absolute Gasteiger partial charge is 0.310 e. The van der Waals surface area contributed by atoms with Gasteiger partial charge in [0, 0.05) is 12.6 Å². The molecule has 0 saturated heterocycles. The molecule has 0 radical (unpaired) electrons. The third kappa shape index (κ3) is 4.44. The van der Waals surface area contributed by atoms with Gasteiger partial charge in [-0.15, -0.1) is 0 Å². The summed E-state index contributed by atoms with van der Waals surface area (Å²) in [5, 5.41) is 3.49. The summed E-state index contributed by atoms with van der Waals surface area (Å²) in [6, 6.07) is 16.3. The summed E-state index contributed by atoms with van der Waals surface area (Å²) in [6.45, 7) is 9.71. The zero-order valence-corrected chi connectivity index (χ0v) is 13.7. The molecular formula is C20H27N. The minimum absolute atomic E-state index is 0.517. The molecule has 21 heavy (non-hydrogen) atoms. The van der Waals surface area contributed by atoms with Crippen molar-refractivity contribution in [1.82, 2.24) is 5.32 Å². The van der Waals surface area contributed by atoms with Crippen LogP contribution < -0.4 is 5.32 Å². The van der Waals surface area contributed by atoms with Crippen LogP contribution in [-0.4, -0.2) is 6.04 Å². The number of hydrogen-bond acceptors (Lipinski definition) is 1. The lowest BCUT2D eigenvalue weighted by molar-refractivity contribution is 0.589. The first kappa shape index (κ1) is 15.8. The van der Waals surface area contributed by atoms with Crippen LogP contribution in [0.1, 0.15) is 43.9 Å². The zero-order chi connectivity index (χ0) is 15.2. The number of hydrogen-bond donors (Lipinski definition) is 1. The molecular weight excluding hydrogens is 254 g/mol. The van der Waals surface area contributed by atoms with Crippen molar-refractivity contribution in [1.29, 1.82) is 0 Å². The molecule has 0 fully saturated rings. The lowest BCUT2D eigenvalue weighted by Crippen LogP contribution is -2.21. The zero-order valence-electron chi connectivity index (χ0n) is 13.7. The van der Waals surface area contributed by atoms with E-state index in [0.29, 0.717) is 6.04 Å². The standard InChI is InChI=1S/C20H27N/c1-5-6-17-9-11-19(12-10-17)20-13-18(8-7-16(20)4)14-21-15(2)3/h7-13,15,21H,5-6,14H2,1-4H3. The van der Waals surface area contributed by atoms with E-state index in [9.17, 15) is 0 Å². The van der Waals surface area contributed by atoms with E-state index in [2.05, 4.69) is 75.5 Å². The highest BCUT2D eigenvalue weighted by Gasteiger charge is 2.04. The first-order valence-electron chi connectivity index (χ1n) is 8.02. The first-order valence-corrected chi connectivity index (χ1v) is 8.02. The maximum atomic E-state index is 3.49. The molecule has 0 atom stereocenters. The van der Waals surface area contributed by atoms with Crippen molar-refractivity contribution in [3.63, 3.8) is 0 Å². The molecule has 0 aromatic heterocycles. The van der Waals surface area contributed by atoms with E-state index >= 15 is 0 Å². The fraction of sp³-hybridized carbons (Fsp3) is 0.400. The molecule has 112 valence electrons. The van der Waals surface area contributed by atoms with Crippen LogP contribution in [0.25, 0.3) is 11.1 Å². The molecule has 1 heteroatoms. The Morgan fingerprint density at radius 1 is 0.952 bits per heavy atom. The molecule has 0 saturated carbocycles. The summed E-state index contributed by atoms with van der Waals surface area (Å²) in [5.41, 5.74) is 6.78. The van der Waals surface area contributed by atoms with Crippen molar-refractivity contribution in [3.8, 4) is 11.1 Å². The first-order chi connectivity index (χ1) is 10.1. The second-order valence-electron chi connectivity index (χ2n) is 6.13. The van der Waals surface area contributed by atoms with Crippen LogP contribution in [0.3, 0.4) is 0 Å². The van der Waals surface area contributed by atoms with Crippen LogP contribution >= 0.6 is 0 Å². The highest BCUT2D eigenvalue weighted by molar-refractivity contribution is 5.68. The van der Waals surface area contributed by atoms with Gasteiger partial charge < -0.3 is 5.32 Å². The van der Waals surface area contributed by atoms with Gasteiger partial charge in [0.2, 0.25) is 0 Å². The summed E-state index contributed by atoms with van der Waals surface area (Å²) in [5.74, 6) is 0. The molecule has 2 aromatic carbocycles. The number of aryl methyl sites for hydroxylation is 2. The Morgan fingerprint density at radius 3 is 2.24 bits per heavy atom. The summed E-state index contributed by atoms with van der Waals surface area (Å²) < 4.78 is 0. The fourth-order valence-electron chi connectivity index (χ4n) is 2.55. The van der Waals surface area contributed by atoms with Gasteiger partial charge in [-0.3, -0.25) is 0 Å². The van der Waals surface area contributed by atoms with Crippen molar-refractivity contribution in [3.05, 3.63) is 59.2 Å². The van der Waals surface area contributed by atoms with Crippen molar-refractivity contribution < 1.29 is 0 Å². The Morgan fingerprint density at radius 2 is 1.62 bits per heavy atom. The number of benzene rings is 2. The number of rotatable bonds is 6. The predicted octanol–water partition coefficient (Wildman–Crippen LogP) is 5.11. The quantitative estimate of drug-likeness (QED) is 0.775. The predicted molar refractivity (Wildman–Crippen MR) is 92.6 cm³/mol. The lowest BCUT2D eigenvalue weighted by Gasteiger charge is -2.12. The molecule has 2 aromatic rings. The highest BCUT2D eigenvalue weighted by atomic mass is 14.9. The van der Waals surface area contributed by atoms with E-state index in [1.807, 2.05) is 0 Å². The molecule has 0 heterocycles. The monoisotopic (exact) mass is 281 g/mol. The third-order valence-corrected chi connectivity index (χ3v) is 3.82. The molecule has 0 amide bonds. The van der Waals surface area contributed by atoms with Gasteiger partial charge in [0.1, 0.15) is 0 Å². The van der Waals surface area contributed by atoms with Crippen molar-refractivity contribution >= 4 is 0 Å².